The molecule has 5 heteroatoms. The van der Waals surface area contributed by atoms with Crippen LogP contribution in [0.25, 0.3) is 0 Å². The number of nitrogens with zero attached hydrogens (tertiary/aromatic N) is 2. The molecule has 1 heterocycles. The van der Waals surface area contributed by atoms with E-state index < -0.39 is 0 Å². The van der Waals surface area contributed by atoms with E-state index in [-0.39, 0.29) is 0 Å². The third-order valence-electron chi connectivity index (χ3n) is 3.45. The van der Waals surface area contributed by atoms with Gasteiger partial charge in [0.15, 0.2) is 0 Å². The smallest absolute Gasteiger partial charge is 0.137 e. The Morgan fingerprint density at radius 2 is 2.28 bits per heavy atom. The van der Waals surface area contributed by atoms with Crippen LogP contribution in [-0.2, 0) is 6.42 Å². The summed E-state index contributed by atoms with van der Waals surface area (Å²) >= 11 is 8.12. The van der Waals surface area contributed by atoms with Crippen molar-refractivity contribution in [3.05, 3.63) is 17.0 Å². The van der Waals surface area contributed by atoms with Crippen molar-refractivity contribution in [2.75, 3.05) is 11.6 Å². The highest BCUT2D eigenvalue weighted by Gasteiger charge is 2.24. The maximum atomic E-state index is 6.15. The van der Waals surface area contributed by atoms with Gasteiger partial charge in [-0.3, -0.25) is 0 Å². The number of hydrogen-bond acceptors (Lipinski definition) is 4. The zero-order valence-electron chi connectivity index (χ0n) is 10.9. The summed E-state index contributed by atoms with van der Waals surface area (Å²) in [6.45, 7) is 2.15. The predicted octanol–water partition coefficient (Wildman–Crippen LogP) is 3.78. The Balaban J connectivity index is 2.07. The van der Waals surface area contributed by atoms with Crippen molar-refractivity contribution >= 4 is 29.2 Å². The van der Waals surface area contributed by atoms with E-state index >= 15 is 0 Å². The molecule has 1 N–H and O–H groups in total. The fraction of sp³-hybridized carbons (Fsp3) is 0.692. The number of aromatic nitrogens is 2. The maximum absolute atomic E-state index is 6.15. The monoisotopic (exact) mass is 285 g/mol. The molecule has 0 bridgehead atoms. The van der Waals surface area contributed by atoms with Crippen LogP contribution in [0.2, 0.25) is 5.15 Å². The third kappa shape index (κ3) is 3.29. The summed E-state index contributed by atoms with van der Waals surface area (Å²) in [7, 11) is 0. The van der Waals surface area contributed by atoms with Crippen molar-refractivity contribution in [3.63, 3.8) is 0 Å². The number of hydrogen-bond donors (Lipinski definition) is 1. The number of anilines is 1. The van der Waals surface area contributed by atoms with Crippen molar-refractivity contribution < 1.29 is 0 Å². The minimum absolute atomic E-state index is 0.532. The van der Waals surface area contributed by atoms with Crippen LogP contribution in [0.3, 0.4) is 0 Å². The van der Waals surface area contributed by atoms with E-state index in [9.17, 15) is 0 Å². The van der Waals surface area contributed by atoms with Crippen LogP contribution >= 0.6 is 23.4 Å². The Kier molecular flexibility index (Phi) is 5.13. The molecule has 0 amide bonds. The minimum Gasteiger partial charge on any atom is -0.367 e. The summed E-state index contributed by atoms with van der Waals surface area (Å²) in [6.07, 6.45) is 9.45. The van der Waals surface area contributed by atoms with Gasteiger partial charge in [0, 0.05) is 16.9 Å². The first kappa shape index (κ1) is 13.9. The van der Waals surface area contributed by atoms with Gasteiger partial charge in [0.1, 0.15) is 17.3 Å². The molecule has 100 valence electrons. The van der Waals surface area contributed by atoms with E-state index in [1.165, 1.54) is 19.3 Å². The zero-order valence-corrected chi connectivity index (χ0v) is 12.5. The molecule has 0 saturated heterocycles. The zero-order chi connectivity index (χ0) is 13.0. The second kappa shape index (κ2) is 6.62. The van der Waals surface area contributed by atoms with Crippen molar-refractivity contribution in [3.8, 4) is 0 Å². The van der Waals surface area contributed by atoms with Gasteiger partial charge in [0.2, 0.25) is 0 Å². The van der Waals surface area contributed by atoms with Gasteiger partial charge in [-0.15, -0.1) is 0 Å². The molecule has 0 aliphatic heterocycles. The normalized spacial score (nSPS) is 23.3. The van der Waals surface area contributed by atoms with Gasteiger partial charge in [-0.2, -0.15) is 11.8 Å². The van der Waals surface area contributed by atoms with E-state index in [0.29, 0.717) is 11.2 Å². The Hall–Kier alpha value is -0.480. The molecular weight excluding hydrogens is 266 g/mol. The Morgan fingerprint density at radius 3 is 2.94 bits per heavy atom. The fourth-order valence-electron chi connectivity index (χ4n) is 2.47. The molecule has 1 aromatic rings. The molecule has 2 rings (SSSR count). The highest BCUT2D eigenvalue weighted by atomic mass is 35.5. The molecule has 2 atom stereocenters. The Morgan fingerprint density at radius 1 is 1.44 bits per heavy atom. The number of rotatable bonds is 5. The molecule has 1 aromatic heterocycles. The Bertz CT molecular complexity index is 400. The molecule has 2 unspecified atom stereocenters. The van der Waals surface area contributed by atoms with Crippen LogP contribution < -0.4 is 5.32 Å². The second-order valence-electron chi connectivity index (χ2n) is 4.75. The van der Waals surface area contributed by atoms with E-state index in [4.69, 9.17) is 11.6 Å². The number of nitrogens with one attached hydrogen (secondary N) is 1. The molecule has 18 heavy (non-hydrogen) atoms. The maximum Gasteiger partial charge on any atom is 0.137 e. The second-order valence-corrected chi connectivity index (χ2v) is 6.25. The quantitative estimate of drug-likeness (QED) is 0.836. The molecular formula is C13H20ClN3S. The summed E-state index contributed by atoms with van der Waals surface area (Å²) in [6, 6.07) is 0.532. The molecule has 1 aliphatic carbocycles. The van der Waals surface area contributed by atoms with Crippen molar-refractivity contribution in [2.24, 2.45) is 0 Å². The lowest BCUT2D eigenvalue weighted by Crippen LogP contribution is -2.18. The fourth-order valence-corrected chi connectivity index (χ4v) is 3.49. The van der Waals surface area contributed by atoms with Gasteiger partial charge in [-0.05, 0) is 31.9 Å². The minimum atomic E-state index is 0.532. The van der Waals surface area contributed by atoms with Crippen molar-refractivity contribution in [1.82, 2.24) is 9.97 Å². The van der Waals surface area contributed by atoms with Crippen LogP contribution in [0.4, 0.5) is 5.82 Å². The molecule has 0 radical (unpaired) electrons. The lowest BCUT2D eigenvalue weighted by molar-refractivity contribution is 0.746. The summed E-state index contributed by atoms with van der Waals surface area (Å²) in [4.78, 5) is 8.43. The molecule has 1 fully saturated rings. The van der Waals surface area contributed by atoms with Crippen LogP contribution in [0.15, 0.2) is 6.33 Å². The first-order valence-electron chi connectivity index (χ1n) is 6.53. The highest BCUT2D eigenvalue weighted by molar-refractivity contribution is 7.99. The van der Waals surface area contributed by atoms with Gasteiger partial charge < -0.3 is 5.32 Å². The highest BCUT2D eigenvalue weighted by Crippen LogP contribution is 2.31. The SMILES string of the molecule is CCCc1c(Cl)ncnc1NC1CCC(SC)C1. The summed E-state index contributed by atoms with van der Waals surface area (Å²) in [5, 5.41) is 4.93. The van der Waals surface area contributed by atoms with Gasteiger partial charge in [0.25, 0.3) is 0 Å². The molecule has 0 aromatic carbocycles. The predicted molar refractivity (Wildman–Crippen MR) is 79.6 cm³/mol. The van der Waals surface area contributed by atoms with Gasteiger partial charge in [-0.25, -0.2) is 9.97 Å². The van der Waals surface area contributed by atoms with E-state index in [2.05, 4.69) is 28.5 Å². The molecule has 0 spiro atoms. The van der Waals surface area contributed by atoms with Crippen LogP contribution in [-0.4, -0.2) is 27.5 Å². The van der Waals surface area contributed by atoms with Crippen LogP contribution in [0.1, 0.15) is 38.2 Å². The molecule has 1 aliphatic rings. The number of thioether (sulfide) groups is 1. The summed E-state index contributed by atoms with van der Waals surface area (Å²) in [5.41, 5.74) is 1.06. The topological polar surface area (TPSA) is 37.8 Å². The molecule has 3 nitrogen and oxygen atoms in total. The van der Waals surface area contributed by atoms with E-state index in [1.807, 2.05) is 11.8 Å². The lowest BCUT2D eigenvalue weighted by atomic mass is 10.1. The largest absolute Gasteiger partial charge is 0.367 e. The standard InChI is InChI=1S/C13H20ClN3S/c1-3-4-11-12(14)15-8-16-13(11)17-9-5-6-10(7-9)18-2/h8-10H,3-7H2,1-2H3,(H,15,16,17). The molecule has 1 saturated carbocycles. The van der Waals surface area contributed by atoms with Gasteiger partial charge >= 0.3 is 0 Å². The van der Waals surface area contributed by atoms with E-state index in [1.54, 1.807) is 6.33 Å². The van der Waals surface area contributed by atoms with Crippen molar-refractivity contribution in [1.29, 1.82) is 0 Å². The first-order chi connectivity index (χ1) is 8.74. The van der Waals surface area contributed by atoms with Crippen molar-refractivity contribution in [2.45, 2.75) is 50.3 Å². The first-order valence-corrected chi connectivity index (χ1v) is 8.19. The number of halogens is 1. The lowest BCUT2D eigenvalue weighted by Gasteiger charge is -2.16. The Labute approximate surface area is 118 Å². The summed E-state index contributed by atoms with van der Waals surface area (Å²) in [5.74, 6) is 0.934. The van der Waals surface area contributed by atoms with Gasteiger partial charge in [-0.1, -0.05) is 24.9 Å². The van der Waals surface area contributed by atoms with Crippen LogP contribution in [0, 0.1) is 0 Å². The van der Waals surface area contributed by atoms with E-state index in [0.717, 1.165) is 29.5 Å². The average Bonchev–Trinajstić information content (AvgIpc) is 2.81. The van der Waals surface area contributed by atoms with Crippen LogP contribution in [0.5, 0.6) is 0 Å². The van der Waals surface area contributed by atoms with Gasteiger partial charge in [0.05, 0.1) is 0 Å². The summed E-state index contributed by atoms with van der Waals surface area (Å²) < 4.78 is 0. The average molecular weight is 286 g/mol. The third-order valence-corrected chi connectivity index (χ3v) is 4.87.